The van der Waals surface area contributed by atoms with E-state index in [2.05, 4.69) is 41.5 Å². The van der Waals surface area contributed by atoms with Crippen molar-refractivity contribution in [1.82, 2.24) is 0 Å². The van der Waals surface area contributed by atoms with Gasteiger partial charge in [-0.3, -0.25) is 0 Å². The molecule has 9 aliphatic rings. The molecule has 9 aliphatic carbocycles. The summed E-state index contributed by atoms with van der Waals surface area (Å²) in [5, 5.41) is 0. The van der Waals surface area contributed by atoms with Crippen LogP contribution in [-0.4, -0.2) is 0 Å². The maximum atomic E-state index is 2.47. The van der Waals surface area contributed by atoms with Gasteiger partial charge in [-0.2, -0.15) is 0 Å². The van der Waals surface area contributed by atoms with E-state index in [1.807, 2.05) is 0 Å². The van der Waals surface area contributed by atoms with E-state index in [4.69, 9.17) is 0 Å². The van der Waals surface area contributed by atoms with Crippen LogP contribution in [0, 0.1) is 107 Å². The average molecular weight is 920 g/mol. The van der Waals surface area contributed by atoms with Gasteiger partial charge in [0.1, 0.15) is 0 Å². The molecule has 0 aliphatic heterocycles. The zero-order valence-electron chi connectivity index (χ0n) is 44.0. The van der Waals surface area contributed by atoms with Crippen LogP contribution in [0.25, 0.3) is 0 Å². The number of hydrogen-bond donors (Lipinski definition) is 0. The molecule has 0 nitrogen and oxygen atoms in total. The Kier molecular flexibility index (Phi) is 27.3. The monoisotopic (exact) mass is 919 g/mol. The van der Waals surface area contributed by atoms with Crippen LogP contribution in [0.4, 0.5) is 0 Å². The lowest BCUT2D eigenvalue weighted by molar-refractivity contribution is 0.129. The lowest BCUT2D eigenvalue weighted by atomic mass is 9.67. The van der Waals surface area contributed by atoms with E-state index in [9.17, 15) is 0 Å². The molecular weight excluding hydrogens is 793 g/mol. The summed E-state index contributed by atoms with van der Waals surface area (Å²) < 4.78 is 0. The van der Waals surface area contributed by atoms with E-state index >= 15 is 0 Å². The summed E-state index contributed by atoms with van der Waals surface area (Å²) in [6.45, 7) is 14.7. The van der Waals surface area contributed by atoms with Gasteiger partial charge in [0.05, 0.1) is 0 Å². The molecule has 0 heteroatoms. The number of rotatable bonds is 9. The van der Waals surface area contributed by atoms with Gasteiger partial charge in [0.2, 0.25) is 0 Å². The normalized spacial score (nSPS) is 43.4. The molecular formula is C66H126. The van der Waals surface area contributed by atoms with Crippen molar-refractivity contribution in [2.75, 3.05) is 0 Å². The quantitative estimate of drug-likeness (QED) is 0.216. The predicted molar refractivity (Wildman–Crippen MR) is 297 cm³/mol. The lowest BCUT2D eigenvalue weighted by Crippen LogP contribution is -2.27. The Balaban J connectivity index is 0.000000223. The van der Waals surface area contributed by atoms with Gasteiger partial charge in [-0.25, -0.2) is 0 Å². The molecule has 0 saturated heterocycles. The van der Waals surface area contributed by atoms with Crippen LogP contribution >= 0.6 is 0 Å². The van der Waals surface area contributed by atoms with Crippen LogP contribution in [0.15, 0.2) is 0 Å². The van der Waals surface area contributed by atoms with Crippen molar-refractivity contribution in [1.29, 1.82) is 0 Å². The Morgan fingerprint density at radius 2 is 0.273 bits per heavy atom. The molecule has 0 aromatic rings. The average Bonchev–Trinajstić information content (AvgIpc) is 3.31. The minimum atomic E-state index is 0. The molecule has 0 unspecified atom stereocenters. The Morgan fingerprint density at radius 3 is 0.439 bits per heavy atom. The first-order valence-corrected chi connectivity index (χ1v) is 30.6. The van der Waals surface area contributed by atoms with E-state index in [0.717, 1.165) is 107 Å². The highest BCUT2D eigenvalue weighted by Crippen LogP contribution is 2.47. The van der Waals surface area contributed by atoms with Crippen molar-refractivity contribution in [3.8, 4) is 0 Å². The van der Waals surface area contributed by atoms with E-state index < -0.39 is 0 Å². The molecule has 0 amide bonds. The van der Waals surface area contributed by atoms with E-state index in [1.165, 1.54) is 77.0 Å². The Hall–Kier alpha value is 0. The second kappa shape index (κ2) is 30.8. The van der Waals surface area contributed by atoms with Crippen LogP contribution in [-0.2, 0) is 0 Å². The van der Waals surface area contributed by atoms with Crippen molar-refractivity contribution in [2.24, 2.45) is 107 Å². The van der Waals surface area contributed by atoms with Crippen molar-refractivity contribution in [2.45, 2.75) is 314 Å². The fraction of sp³-hybridized carbons (Fsp3) is 1.00. The molecule has 0 aromatic carbocycles. The third-order valence-corrected chi connectivity index (χ3v) is 22.3. The molecule has 0 radical (unpaired) electrons. The smallest absolute Gasteiger partial charge is 0.0386 e. The van der Waals surface area contributed by atoms with Crippen LogP contribution < -0.4 is 0 Å². The minimum Gasteiger partial charge on any atom is -0.0776 e. The van der Waals surface area contributed by atoms with Gasteiger partial charge < -0.3 is 0 Å². The molecule has 0 spiro atoms. The van der Waals surface area contributed by atoms with Crippen molar-refractivity contribution >= 4 is 0 Å². The predicted octanol–water partition coefficient (Wildman–Crippen LogP) is 22.4. The SMILES string of the molecule is C.C.C.CC1CCC(C2CCC(C)CC2)CC1.CC1CCC(CC2CCC(C3CCC(C)CC3)CC2)CC1.CC1CCC(CC2CCC(CC3CCC(C4CCC(C)CC4)CC3)CC2)CC1. The summed E-state index contributed by atoms with van der Waals surface area (Å²) in [5.41, 5.74) is 0. The van der Waals surface area contributed by atoms with E-state index in [0.29, 0.717) is 0 Å². The van der Waals surface area contributed by atoms with Crippen LogP contribution in [0.5, 0.6) is 0 Å². The van der Waals surface area contributed by atoms with Crippen LogP contribution in [0.3, 0.4) is 0 Å². The standard InChI is InChI=1S/C28H50.C21H38.C14H26.3CH4/c1-21-3-7-23(8-4-21)19-24-9-11-25(12-10-24)20-26-13-17-28(18-14-26)27-15-5-22(2)6-16-27;1-16-3-7-18(8-4-16)15-19-9-13-21(14-10-19)20-11-5-17(2)6-12-20;1-11-3-7-13(8-4-11)14-9-5-12(2)6-10-14;;;/h21-28H,3-20H2,1-2H3;16-21H,3-15H2,1-2H3;11-14H,3-10H2,1-2H3;3*1H4. The third-order valence-electron chi connectivity index (χ3n) is 22.3. The van der Waals surface area contributed by atoms with E-state index in [1.54, 1.807) is 173 Å². The van der Waals surface area contributed by atoms with E-state index in [-0.39, 0.29) is 22.3 Å². The molecule has 0 atom stereocenters. The number of hydrogen-bond acceptors (Lipinski definition) is 0. The fourth-order valence-corrected chi connectivity index (χ4v) is 17.1. The minimum absolute atomic E-state index is 0. The summed E-state index contributed by atoms with van der Waals surface area (Å²) in [6, 6.07) is 0. The van der Waals surface area contributed by atoms with Gasteiger partial charge >= 0.3 is 0 Å². The molecule has 0 N–H and O–H groups in total. The maximum absolute atomic E-state index is 2.47. The van der Waals surface area contributed by atoms with Gasteiger partial charge in [-0.1, -0.05) is 218 Å². The molecule has 9 saturated carbocycles. The van der Waals surface area contributed by atoms with Crippen molar-refractivity contribution in [3.63, 3.8) is 0 Å². The highest BCUT2D eigenvalue weighted by molar-refractivity contribution is 4.86. The highest BCUT2D eigenvalue weighted by atomic mass is 14.4. The maximum Gasteiger partial charge on any atom is -0.0386 e. The molecule has 9 rings (SSSR count). The molecule has 0 bridgehead atoms. The summed E-state index contributed by atoms with van der Waals surface area (Å²) in [4.78, 5) is 0. The fourth-order valence-electron chi connectivity index (χ4n) is 17.1. The zero-order valence-corrected chi connectivity index (χ0v) is 44.0. The third kappa shape index (κ3) is 19.5. The Bertz CT molecular complexity index is 1120. The molecule has 0 aromatic heterocycles. The van der Waals surface area contributed by atoms with Gasteiger partial charge in [-0.05, 0) is 203 Å². The first-order valence-electron chi connectivity index (χ1n) is 30.6. The highest BCUT2D eigenvalue weighted by Gasteiger charge is 2.34. The Morgan fingerprint density at radius 1 is 0.167 bits per heavy atom. The second-order valence-corrected chi connectivity index (χ2v) is 27.5. The van der Waals surface area contributed by atoms with Crippen molar-refractivity contribution < 1.29 is 0 Å². The first-order chi connectivity index (χ1) is 30.6. The van der Waals surface area contributed by atoms with Crippen molar-refractivity contribution in [3.05, 3.63) is 0 Å². The van der Waals surface area contributed by atoms with Crippen LogP contribution in [0.1, 0.15) is 314 Å². The van der Waals surface area contributed by atoms with Gasteiger partial charge in [-0.15, -0.1) is 0 Å². The molecule has 390 valence electrons. The summed E-state index contributed by atoms with van der Waals surface area (Å²) in [6.07, 6.45) is 60.4. The second-order valence-electron chi connectivity index (χ2n) is 27.5. The largest absolute Gasteiger partial charge is 0.0776 e. The molecule has 9 fully saturated rings. The topological polar surface area (TPSA) is 0 Å². The summed E-state index contributed by atoms with van der Waals surface area (Å²) in [7, 11) is 0. The summed E-state index contributed by atoms with van der Waals surface area (Å²) >= 11 is 0. The van der Waals surface area contributed by atoms with Crippen LogP contribution in [0.2, 0.25) is 0 Å². The molecule has 0 heterocycles. The Labute approximate surface area is 418 Å². The first kappa shape index (κ1) is 58.6. The van der Waals surface area contributed by atoms with Gasteiger partial charge in [0.25, 0.3) is 0 Å². The van der Waals surface area contributed by atoms with Gasteiger partial charge in [0, 0.05) is 0 Å². The lowest BCUT2D eigenvalue weighted by Gasteiger charge is -2.39. The zero-order chi connectivity index (χ0) is 44.0. The summed E-state index contributed by atoms with van der Waals surface area (Å²) in [5.74, 6) is 19.4. The molecule has 66 heavy (non-hydrogen) atoms. The van der Waals surface area contributed by atoms with Gasteiger partial charge in [0.15, 0.2) is 0 Å².